The SMILES string of the molecule is Cc1cc(NC(=O)[C@H](C)SCc2ccccc2)n(CCC#N)n1. The molecule has 0 aliphatic carbocycles. The number of nitriles is 1. The summed E-state index contributed by atoms with van der Waals surface area (Å²) in [4.78, 5) is 12.3. The van der Waals surface area contributed by atoms with Crippen LogP contribution in [-0.4, -0.2) is 20.9 Å². The van der Waals surface area contributed by atoms with Crippen LogP contribution in [0.2, 0.25) is 0 Å². The Balaban J connectivity index is 1.92. The standard InChI is InChI=1S/C17H20N4OS/c1-13-11-16(21(20-13)10-6-9-18)19-17(22)14(2)23-12-15-7-4-3-5-8-15/h3-5,7-8,11,14H,6,10,12H2,1-2H3,(H,19,22)/t14-/m0/s1. The quantitative estimate of drug-likeness (QED) is 0.846. The van der Waals surface area contributed by atoms with E-state index in [-0.39, 0.29) is 11.2 Å². The van der Waals surface area contributed by atoms with Crippen LogP contribution in [0.3, 0.4) is 0 Å². The number of carbonyl (C=O) groups excluding carboxylic acids is 1. The molecule has 1 N–H and O–H groups in total. The molecule has 0 aliphatic heterocycles. The molecular formula is C17H20N4OS. The third-order valence-electron chi connectivity index (χ3n) is 3.30. The van der Waals surface area contributed by atoms with E-state index in [1.54, 1.807) is 16.4 Å². The van der Waals surface area contributed by atoms with Crippen molar-refractivity contribution in [3.63, 3.8) is 0 Å². The maximum Gasteiger partial charge on any atom is 0.238 e. The molecule has 1 aromatic heterocycles. The van der Waals surface area contributed by atoms with Crippen LogP contribution < -0.4 is 5.32 Å². The molecule has 1 amide bonds. The molecule has 5 nitrogen and oxygen atoms in total. The molecule has 1 heterocycles. The van der Waals surface area contributed by atoms with Crippen LogP contribution in [0.25, 0.3) is 0 Å². The average Bonchev–Trinajstić information content (AvgIpc) is 2.90. The summed E-state index contributed by atoms with van der Waals surface area (Å²) in [5, 5.41) is 15.7. The fourth-order valence-electron chi connectivity index (χ4n) is 2.07. The van der Waals surface area contributed by atoms with Gasteiger partial charge >= 0.3 is 0 Å². The second-order valence-corrected chi connectivity index (χ2v) is 6.56. The second kappa shape index (κ2) is 8.39. The number of aryl methyl sites for hydroxylation is 2. The Hall–Kier alpha value is -2.26. The van der Waals surface area contributed by atoms with E-state index in [1.807, 2.05) is 38.1 Å². The van der Waals surface area contributed by atoms with E-state index >= 15 is 0 Å². The summed E-state index contributed by atoms with van der Waals surface area (Å²) in [5.74, 6) is 1.39. The molecule has 2 rings (SSSR count). The minimum Gasteiger partial charge on any atom is -0.310 e. The molecule has 0 unspecified atom stereocenters. The Morgan fingerprint density at radius 1 is 1.43 bits per heavy atom. The number of rotatable bonds is 7. The van der Waals surface area contributed by atoms with Crippen molar-refractivity contribution in [1.82, 2.24) is 9.78 Å². The Morgan fingerprint density at radius 3 is 2.87 bits per heavy atom. The number of nitrogens with zero attached hydrogens (tertiary/aromatic N) is 3. The summed E-state index contributed by atoms with van der Waals surface area (Å²) in [6, 6.07) is 14.0. The van der Waals surface area contributed by atoms with Gasteiger partial charge in [0.25, 0.3) is 0 Å². The van der Waals surface area contributed by atoms with Gasteiger partial charge in [-0.25, -0.2) is 4.68 Å². The number of hydrogen-bond acceptors (Lipinski definition) is 4. The van der Waals surface area contributed by atoms with Crippen molar-refractivity contribution in [1.29, 1.82) is 5.26 Å². The fourth-order valence-corrected chi connectivity index (χ4v) is 2.92. The summed E-state index contributed by atoms with van der Waals surface area (Å²) in [7, 11) is 0. The molecule has 0 spiro atoms. The zero-order valence-electron chi connectivity index (χ0n) is 13.3. The summed E-state index contributed by atoms with van der Waals surface area (Å²) < 4.78 is 1.67. The van der Waals surface area contributed by atoms with Crippen LogP contribution in [0.1, 0.15) is 24.6 Å². The molecule has 1 aromatic carbocycles. The number of nitrogens with one attached hydrogen (secondary N) is 1. The summed E-state index contributed by atoms with van der Waals surface area (Å²) in [6.07, 6.45) is 0.363. The van der Waals surface area contributed by atoms with Gasteiger partial charge in [-0.2, -0.15) is 10.4 Å². The first-order valence-corrected chi connectivity index (χ1v) is 8.53. The lowest BCUT2D eigenvalue weighted by Gasteiger charge is -2.13. The van der Waals surface area contributed by atoms with Gasteiger partial charge in [0, 0.05) is 11.8 Å². The Morgan fingerprint density at radius 2 is 2.17 bits per heavy atom. The predicted octanol–water partition coefficient (Wildman–Crippen LogP) is 3.37. The lowest BCUT2D eigenvalue weighted by molar-refractivity contribution is -0.115. The largest absolute Gasteiger partial charge is 0.310 e. The van der Waals surface area contributed by atoms with E-state index in [1.165, 1.54) is 5.56 Å². The number of amides is 1. The molecule has 0 saturated carbocycles. The predicted molar refractivity (Wildman–Crippen MR) is 93.0 cm³/mol. The zero-order chi connectivity index (χ0) is 16.7. The van der Waals surface area contributed by atoms with E-state index in [0.29, 0.717) is 18.8 Å². The molecule has 1 atom stereocenters. The average molecular weight is 328 g/mol. The highest BCUT2D eigenvalue weighted by atomic mass is 32.2. The first-order valence-electron chi connectivity index (χ1n) is 7.48. The first kappa shape index (κ1) is 17.1. The van der Waals surface area contributed by atoms with E-state index in [2.05, 4.69) is 28.6 Å². The van der Waals surface area contributed by atoms with Crippen LogP contribution in [-0.2, 0) is 17.1 Å². The van der Waals surface area contributed by atoms with Crippen LogP contribution >= 0.6 is 11.8 Å². The van der Waals surface area contributed by atoms with Gasteiger partial charge in [0.05, 0.1) is 30.0 Å². The van der Waals surface area contributed by atoms with Gasteiger partial charge in [0.1, 0.15) is 5.82 Å². The fraction of sp³-hybridized carbons (Fsp3) is 0.353. The first-order chi connectivity index (χ1) is 11.1. The van der Waals surface area contributed by atoms with Crippen LogP contribution in [0.15, 0.2) is 36.4 Å². The van der Waals surface area contributed by atoms with Gasteiger partial charge in [-0.1, -0.05) is 30.3 Å². The van der Waals surface area contributed by atoms with E-state index in [9.17, 15) is 4.79 Å². The minimum atomic E-state index is -0.171. The van der Waals surface area contributed by atoms with Crippen LogP contribution in [0, 0.1) is 18.3 Å². The lowest BCUT2D eigenvalue weighted by atomic mass is 10.2. The maximum absolute atomic E-state index is 12.3. The molecule has 0 fully saturated rings. The van der Waals surface area contributed by atoms with Crippen molar-refractivity contribution in [2.24, 2.45) is 0 Å². The molecule has 0 saturated heterocycles. The maximum atomic E-state index is 12.3. The van der Waals surface area contributed by atoms with Crippen LogP contribution in [0.4, 0.5) is 5.82 Å². The van der Waals surface area contributed by atoms with Crippen molar-refractivity contribution < 1.29 is 4.79 Å². The van der Waals surface area contributed by atoms with Crippen molar-refractivity contribution in [2.75, 3.05) is 5.32 Å². The monoisotopic (exact) mass is 328 g/mol. The Labute approximate surface area is 140 Å². The number of benzene rings is 1. The molecule has 0 aliphatic rings. The lowest BCUT2D eigenvalue weighted by Crippen LogP contribution is -2.24. The number of anilines is 1. The Kier molecular flexibility index (Phi) is 6.24. The highest BCUT2D eigenvalue weighted by Gasteiger charge is 2.16. The Bertz CT molecular complexity index is 690. The second-order valence-electron chi connectivity index (χ2n) is 5.23. The summed E-state index contributed by atoms with van der Waals surface area (Å²) in [5.41, 5.74) is 2.02. The summed E-state index contributed by atoms with van der Waals surface area (Å²) >= 11 is 1.59. The third kappa shape index (κ3) is 5.15. The van der Waals surface area contributed by atoms with Gasteiger partial charge in [-0.3, -0.25) is 4.79 Å². The van der Waals surface area contributed by atoms with Crippen molar-refractivity contribution in [3.05, 3.63) is 47.7 Å². The van der Waals surface area contributed by atoms with Crippen molar-refractivity contribution >= 4 is 23.5 Å². The highest BCUT2D eigenvalue weighted by Crippen LogP contribution is 2.19. The summed E-state index contributed by atoms with van der Waals surface area (Å²) in [6.45, 7) is 4.24. The van der Waals surface area contributed by atoms with Gasteiger partial charge in [0.2, 0.25) is 5.91 Å². The number of hydrogen-bond donors (Lipinski definition) is 1. The molecule has 120 valence electrons. The van der Waals surface area contributed by atoms with Gasteiger partial charge in [-0.15, -0.1) is 11.8 Å². The van der Waals surface area contributed by atoms with E-state index in [4.69, 9.17) is 5.26 Å². The molecular weight excluding hydrogens is 308 g/mol. The molecule has 6 heteroatoms. The molecule has 0 radical (unpaired) electrons. The number of aromatic nitrogens is 2. The third-order valence-corrected chi connectivity index (χ3v) is 4.51. The smallest absolute Gasteiger partial charge is 0.238 e. The van der Waals surface area contributed by atoms with Gasteiger partial charge < -0.3 is 5.32 Å². The molecule has 2 aromatic rings. The number of carbonyl (C=O) groups is 1. The van der Waals surface area contributed by atoms with E-state index < -0.39 is 0 Å². The topological polar surface area (TPSA) is 70.7 Å². The highest BCUT2D eigenvalue weighted by molar-refractivity contribution is 7.99. The van der Waals surface area contributed by atoms with Crippen molar-refractivity contribution in [3.8, 4) is 6.07 Å². The minimum absolute atomic E-state index is 0.0518. The normalized spacial score (nSPS) is 11.7. The van der Waals surface area contributed by atoms with Gasteiger partial charge in [-0.05, 0) is 19.4 Å². The van der Waals surface area contributed by atoms with E-state index in [0.717, 1.165) is 11.4 Å². The van der Waals surface area contributed by atoms with Crippen LogP contribution in [0.5, 0.6) is 0 Å². The molecule has 0 bridgehead atoms. The zero-order valence-corrected chi connectivity index (χ0v) is 14.1. The van der Waals surface area contributed by atoms with Gasteiger partial charge in [0.15, 0.2) is 0 Å². The van der Waals surface area contributed by atoms with Crippen molar-refractivity contribution in [2.45, 2.75) is 37.8 Å². The number of thioether (sulfide) groups is 1. The molecule has 23 heavy (non-hydrogen) atoms.